The third-order valence-corrected chi connectivity index (χ3v) is 5.82. The lowest BCUT2D eigenvalue weighted by Gasteiger charge is -2.31. The Morgan fingerprint density at radius 2 is 1.62 bits per heavy atom. The molecule has 1 aliphatic rings. The lowest BCUT2D eigenvalue weighted by Crippen LogP contribution is -2.41. The fraction of sp³-hybridized carbons (Fsp3) is 0.222. The van der Waals surface area contributed by atoms with Gasteiger partial charge in [0.05, 0.1) is 12.1 Å². The van der Waals surface area contributed by atoms with E-state index < -0.39 is 0 Å². The van der Waals surface area contributed by atoms with Gasteiger partial charge in [-0.3, -0.25) is 4.98 Å². The Morgan fingerprint density at radius 3 is 2.41 bits per heavy atom. The minimum absolute atomic E-state index is 0.321. The van der Waals surface area contributed by atoms with Gasteiger partial charge in [-0.15, -0.1) is 0 Å². The average molecular weight is 456 g/mol. The van der Waals surface area contributed by atoms with Gasteiger partial charge in [0.2, 0.25) is 5.88 Å². The molecule has 0 radical (unpaired) electrons. The summed E-state index contributed by atoms with van der Waals surface area (Å²) in [5.41, 5.74) is 0.806. The van der Waals surface area contributed by atoms with E-state index in [1.165, 1.54) is 0 Å². The zero-order valence-electron chi connectivity index (χ0n) is 18.7. The number of likely N-dealkylation sites (tertiary alicyclic amines) is 1. The Hall–Kier alpha value is -4.13. The third-order valence-electron chi connectivity index (χ3n) is 5.82. The molecule has 1 fully saturated rings. The second-order valence-electron chi connectivity index (χ2n) is 8.21. The second-order valence-corrected chi connectivity index (χ2v) is 8.21. The van der Waals surface area contributed by atoms with Gasteiger partial charge in [-0.2, -0.15) is 0 Å². The molecule has 7 nitrogen and oxygen atoms in total. The van der Waals surface area contributed by atoms with E-state index in [9.17, 15) is 4.79 Å². The van der Waals surface area contributed by atoms with Crippen molar-refractivity contribution in [2.24, 2.45) is 5.92 Å². The molecule has 0 atom stereocenters. The van der Waals surface area contributed by atoms with Crippen molar-refractivity contribution in [2.75, 3.05) is 19.7 Å². The monoisotopic (exact) mass is 455 g/mol. The van der Waals surface area contributed by atoms with Crippen LogP contribution in [0.5, 0.6) is 23.1 Å². The molecule has 4 aromatic rings. The fourth-order valence-electron chi connectivity index (χ4n) is 3.90. The van der Waals surface area contributed by atoms with Crippen molar-refractivity contribution in [2.45, 2.75) is 12.8 Å². The smallest absolute Gasteiger partial charge is 0.415 e. The van der Waals surface area contributed by atoms with Gasteiger partial charge in [-0.25, -0.2) is 9.78 Å². The van der Waals surface area contributed by atoms with Crippen LogP contribution in [0.3, 0.4) is 0 Å². The second kappa shape index (κ2) is 10.2. The Bertz CT molecular complexity index is 1240. The lowest BCUT2D eigenvalue weighted by molar-refractivity contribution is 0.117. The lowest BCUT2D eigenvalue weighted by atomic mass is 9.98. The van der Waals surface area contributed by atoms with E-state index in [1.54, 1.807) is 29.4 Å². The van der Waals surface area contributed by atoms with Crippen LogP contribution in [-0.2, 0) is 0 Å². The molecule has 0 N–H and O–H groups in total. The van der Waals surface area contributed by atoms with Crippen LogP contribution in [0.2, 0.25) is 0 Å². The quantitative estimate of drug-likeness (QED) is 0.371. The molecule has 1 amide bonds. The van der Waals surface area contributed by atoms with Gasteiger partial charge in [0.15, 0.2) is 0 Å². The maximum Gasteiger partial charge on any atom is 0.415 e. The van der Waals surface area contributed by atoms with Crippen LogP contribution in [0.4, 0.5) is 4.79 Å². The molecule has 2 aromatic heterocycles. The number of nitrogens with zero attached hydrogens (tertiary/aromatic N) is 3. The Morgan fingerprint density at radius 1 is 0.853 bits per heavy atom. The van der Waals surface area contributed by atoms with Crippen LogP contribution in [0.15, 0.2) is 85.2 Å². The molecule has 0 unspecified atom stereocenters. The molecule has 172 valence electrons. The number of pyridine rings is 2. The molecular formula is C27H25N3O4. The van der Waals surface area contributed by atoms with E-state index >= 15 is 0 Å². The highest BCUT2D eigenvalue weighted by Crippen LogP contribution is 2.25. The van der Waals surface area contributed by atoms with Crippen LogP contribution in [0, 0.1) is 5.92 Å². The standard InChI is InChI=1S/C27H25N3O4/c31-27(34-24-7-6-21-4-3-15-28-25(21)18-24)30-16-12-20(13-17-30)19-32-22-8-10-23(11-9-22)33-26-5-1-2-14-29-26/h1-11,14-15,18,20H,12-13,16-17,19H2. The van der Waals surface area contributed by atoms with E-state index in [4.69, 9.17) is 14.2 Å². The summed E-state index contributed by atoms with van der Waals surface area (Å²) >= 11 is 0. The molecule has 0 bridgehead atoms. The van der Waals surface area contributed by atoms with Gasteiger partial charge in [0.1, 0.15) is 17.2 Å². The first-order valence-electron chi connectivity index (χ1n) is 11.4. The molecule has 0 saturated carbocycles. The van der Waals surface area contributed by atoms with Crippen LogP contribution in [0.1, 0.15) is 12.8 Å². The average Bonchev–Trinajstić information content (AvgIpc) is 2.89. The summed E-state index contributed by atoms with van der Waals surface area (Å²) in [6.07, 6.45) is 4.84. The van der Waals surface area contributed by atoms with E-state index in [-0.39, 0.29) is 6.09 Å². The molecule has 0 aliphatic carbocycles. The molecule has 2 aromatic carbocycles. The first-order chi connectivity index (χ1) is 16.7. The topological polar surface area (TPSA) is 73.8 Å². The van der Waals surface area contributed by atoms with Crippen LogP contribution in [0.25, 0.3) is 10.9 Å². The first-order valence-corrected chi connectivity index (χ1v) is 11.4. The van der Waals surface area contributed by atoms with Crippen molar-refractivity contribution in [1.29, 1.82) is 0 Å². The van der Waals surface area contributed by atoms with Crippen molar-refractivity contribution in [3.63, 3.8) is 0 Å². The van der Waals surface area contributed by atoms with Crippen molar-refractivity contribution >= 4 is 17.0 Å². The van der Waals surface area contributed by atoms with E-state index in [0.717, 1.165) is 29.5 Å². The SMILES string of the molecule is O=C(Oc1ccc2cccnc2c1)N1CCC(COc2ccc(Oc3ccccn3)cc2)CC1. The van der Waals surface area contributed by atoms with E-state index in [2.05, 4.69) is 9.97 Å². The molecular weight excluding hydrogens is 430 g/mol. The number of aromatic nitrogens is 2. The van der Waals surface area contributed by atoms with Gasteiger partial charge < -0.3 is 19.1 Å². The van der Waals surface area contributed by atoms with Crippen molar-refractivity contribution in [3.8, 4) is 23.1 Å². The van der Waals surface area contributed by atoms with E-state index in [1.807, 2.05) is 60.7 Å². The number of fused-ring (bicyclic) bond motifs is 1. The highest BCUT2D eigenvalue weighted by Gasteiger charge is 2.24. The number of amides is 1. The number of benzene rings is 2. The van der Waals surface area contributed by atoms with Gasteiger partial charge in [0, 0.05) is 43.0 Å². The number of rotatable bonds is 6. The Labute approximate surface area is 197 Å². The summed E-state index contributed by atoms with van der Waals surface area (Å²) < 4.78 is 17.3. The van der Waals surface area contributed by atoms with Crippen LogP contribution >= 0.6 is 0 Å². The summed E-state index contributed by atoms with van der Waals surface area (Å²) in [6, 6.07) is 22.4. The number of carbonyl (C=O) groups excluding carboxylic acids is 1. The number of carbonyl (C=O) groups is 1. The zero-order valence-corrected chi connectivity index (χ0v) is 18.7. The summed E-state index contributed by atoms with van der Waals surface area (Å²) in [7, 11) is 0. The maximum absolute atomic E-state index is 12.6. The largest absolute Gasteiger partial charge is 0.493 e. The highest BCUT2D eigenvalue weighted by molar-refractivity contribution is 5.81. The first kappa shape index (κ1) is 21.7. The third kappa shape index (κ3) is 5.43. The van der Waals surface area contributed by atoms with Crippen molar-refractivity contribution < 1.29 is 19.0 Å². The molecule has 3 heterocycles. The summed E-state index contributed by atoms with van der Waals surface area (Å²) in [4.78, 5) is 22.8. The van der Waals surface area contributed by atoms with Gasteiger partial charge in [-0.1, -0.05) is 12.1 Å². The molecule has 5 rings (SSSR count). The molecule has 34 heavy (non-hydrogen) atoms. The molecule has 1 aliphatic heterocycles. The molecule has 1 saturated heterocycles. The zero-order chi connectivity index (χ0) is 23.2. The number of ether oxygens (including phenoxy) is 3. The van der Waals surface area contributed by atoms with Crippen molar-refractivity contribution in [1.82, 2.24) is 14.9 Å². The minimum Gasteiger partial charge on any atom is -0.493 e. The van der Waals surface area contributed by atoms with Gasteiger partial charge in [-0.05, 0) is 67.3 Å². The fourth-order valence-corrected chi connectivity index (χ4v) is 3.90. The number of piperidine rings is 1. The number of hydrogen-bond acceptors (Lipinski definition) is 6. The summed E-state index contributed by atoms with van der Waals surface area (Å²) in [6.45, 7) is 1.91. The van der Waals surface area contributed by atoms with Crippen LogP contribution < -0.4 is 14.2 Å². The Kier molecular flexibility index (Phi) is 6.52. The highest BCUT2D eigenvalue weighted by atomic mass is 16.6. The molecule has 0 spiro atoms. The maximum atomic E-state index is 12.6. The van der Waals surface area contributed by atoms with Crippen LogP contribution in [-0.4, -0.2) is 40.7 Å². The normalized spacial score (nSPS) is 14.1. The van der Waals surface area contributed by atoms with E-state index in [0.29, 0.717) is 43.0 Å². The van der Waals surface area contributed by atoms with Gasteiger partial charge in [0.25, 0.3) is 0 Å². The summed E-state index contributed by atoms with van der Waals surface area (Å²) in [5, 5.41) is 1.01. The number of hydrogen-bond donors (Lipinski definition) is 0. The molecule has 7 heteroatoms. The van der Waals surface area contributed by atoms with Gasteiger partial charge >= 0.3 is 6.09 Å². The minimum atomic E-state index is -0.321. The van der Waals surface area contributed by atoms with Crippen molar-refractivity contribution in [3.05, 3.63) is 85.2 Å². The predicted molar refractivity (Wildman–Crippen MR) is 128 cm³/mol. The Balaban J connectivity index is 1.07. The predicted octanol–water partition coefficient (Wildman–Crippen LogP) is 5.71. The summed E-state index contributed by atoms with van der Waals surface area (Å²) in [5.74, 6) is 2.95.